The highest BCUT2D eigenvalue weighted by Gasteiger charge is 2.11. The van der Waals surface area contributed by atoms with Crippen molar-refractivity contribution in [3.05, 3.63) is 39.8 Å². The third-order valence-corrected chi connectivity index (χ3v) is 5.02. The van der Waals surface area contributed by atoms with Gasteiger partial charge in [-0.2, -0.15) is 8.78 Å². The van der Waals surface area contributed by atoms with Crippen LogP contribution in [0.1, 0.15) is 29.3 Å². The average molecular weight is 413 g/mol. The number of alkyl halides is 2. The largest absolute Gasteiger partial charge is 0.497 e. The Morgan fingerprint density at radius 1 is 1.29 bits per heavy atom. The number of halogens is 2. The van der Waals surface area contributed by atoms with E-state index < -0.39 is 6.61 Å². The number of benzene rings is 1. The summed E-state index contributed by atoms with van der Waals surface area (Å²) >= 11 is 1.71. The second-order valence-electron chi connectivity index (χ2n) is 5.80. The summed E-state index contributed by atoms with van der Waals surface area (Å²) in [5, 5.41) is 7.46. The molecule has 0 saturated heterocycles. The molecule has 0 atom stereocenters. The zero-order valence-corrected chi connectivity index (χ0v) is 17.1. The van der Waals surface area contributed by atoms with Gasteiger partial charge in [-0.25, -0.2) is 9.98 Å². The maximum absolute atomic E-state index is 12.7. The Morgan fingerprint density at radius 2 is 2.11 bits per heavy atom. The van der Waals surface area contributed by atoms with Crippen molar-refractivity contribution in [2.24, 2.45) is 4.99 Å². The van der Waals surface area contributed by atoms with E-state index in [1.807, 2.05) is 13.1 Å². The summed E-state index contributed by atoms with van der Waals surface area (Å²) in [5.41, 5.74) is 0.547. The molecule has 6 nitrogen and oxygen atoms in total. The zero-order valence-electron chi connectivity index (χ0n) is 16.3. The van der Waals surface area contributed by atoms with Gasteiger partial charge in [-0.1, -0.05) is 6.92 Å². The molecule has 9 heteroatoms. The van der Waals surface area contributed by atoms with Crippen LogP contribution in [-0.2, 0) is 19.4 Å². The molecule has 0 bridgehead atoms. The van der Waals surface area contributed by atoms with E-state index in [0.717, 1.165) is 17.8 Å². The molecule has 0 amide bonds. The number of hydrogen-bond acceptors (Lipinski definition) is 5. The van der Waals surface area contributed by atoms with Gasteiger partial charge < -0.3 is 20.1 Å². The van der Waals surface area contributed by atoms with Gasteiger partial charge in [-0.15, -0.1) is 11.3 Å². The van der Waals surface area contributed by atoms with Crippen molar-refractivity contribution >= 4 is 17.3 Å². The van der Waals surface area contributed by atoms with Crippen LogP contribution in [-0.4, -0.2) is 37.8 Å². The Kier molecular flexibility index (Phi) is 8.93. The monoisotopic (exact) mass is 412 g/mol. The van der Waals surface area contributed by atoms with Crippen molar-refractivity contribution in [1.82, 2.24) is 15.6 Å². The van der Waals surface area contributed by atoms with Gasteiger partial charge in [-0.3, -0.25) is 0 Å². The third-order valence-electron chi connectivity index (χ3n) is 3.82. The molecule has 0 fully saturated rings. The lowest BCUT2D eigenvalue weighted by atomic mass is 10.2. The van der Waals surface area contributed by atoms with Crippen molar-refractivity contribution in [3.63, 3.8) is 0 Å². The number of nitrogens with zero attached hydrogens (tertiary/aromatic N) is 2. The van der Waals surface area contributed by atoms with E-state index >= 15 is 0 Å². The maximum Gasteiger partial charge on any atom is 0.387 e. The van der Waals surface area contributed by atoms with Crippen LogP contribution in [0.4, 0.5) is 8.78 Å². The molecule has 0 spiro atoms. The number of thiazole rings is 1. The fraction of sp³-hybridized carbons (Fsp3) is 0.474. The molecular weight excluding hydrogens is 386 g/mol. The number of rotatable bonds is 10. The second-order valence-corrected chi connectivity index (χ2v) is 7.00. The molecule has 1 heterocycles. The molecule has 2 rings (SSSR count). The van der Waals surface area contributed by atoms with Crippen LogP contribution in [0.15, 0.2) is 29.4 Å². The molecule has 2 N–H and O–H groups in total. The van der Waals surface area contributed by atoms with Gasteiger partial charge in [0.05, 0.1) is 18.7 Å². The fourth-order valence-corrected chi connectivity index (χ4v) is 3.28. The third kappa shape index (κ3) is 6.95. The molecule has 1 aromatic carbocycles. The molecule has 0 unspecified atom stereocenters. The molecule has 0 saturated carbocycles. The van der Waals surface area contributed by atoms with Crippen LogP contribution >= 0.6 is 11.3 Å². The normalized spacial score (nSPS) is 11.6. The van der Waals surface area contributed by atoms with E-state index in [2.05, 4.69) is 32.3 Å². The van der Waals surface area contributed by atoms with Crippen LogP contribution in [0.5, 0.6) is 11.5 Å². The van der Waals surface area contributed by atoms with Gasteiger partial charge in [0.2, 0.25) is 0 Å². The van der Waals surface area contributed by atoms with Gasteiger partial charge in [0, 0.05) is 42.2 Å². The number of ether oxygens (including phenoxy) is 2. The van der Waals surface area contributed by atoms with E-state index in [4.69, 9.17) is 4.74 Å². The summed E-state index contributed by atoms with van der Waals surface area (Å²) in [6.07, 6.45) is 3.69. The standard InChI is InChI=1S/C19H26F2N4O2S/c1-4-15-12-24-17(28-15)8-9-23-19(22-5-2)25-11-13-6-7-14(26-3)10-16(13)27-18(20)21/h6-7,10,12,18H,4-5,8-9,11H2,1-3H3,(H2,22,23,25). The van der Waals surface area contributed by atoms with Gasteiger partial charge in [-0.05, 0) is 25.5 Å². The molecule has 1 aromatic heterocycles. The van der Waals surface area contributed by atoms with Crippen molar-refractivity contribution in [3.8, 4) is 11.5 Å². The highest BCUT2D eigenvalue weighted by molar-refractivity contribution is 7.11. The summed E-state index contributed by atoms with van der Waals surface area (Å²) in [6, 6.07) is 4.80. The van der Waals surface area contributed by atoms with Crippen LogP contribution in [0.2, 0.25) is 0 Å². The Hall–Kier alpha value is -2.42. The van der Waals surface area contributed by atoms with Gasteiger partial charge in [0.1, 0.15) is 11.5 Å². The summed E-state index contributed by atoms with van der Waals surface area (Å²) in [5.74, 6) is 1.11. The van der Waals surface area contributed by atoms with Crippen molar-refractivity contribution in [2.45, 2.75) is 39.8 Å². The van der Waals surface area contributed by atoms with E-state index in [-0.39, 0.29) is 12.3 Å². The first kappa shape index (κ1) is 21.9. The van der Waals surface area contributed by atoms with Crippen LogP contribution < -0.4 is 20.1 Å². The Balaban J connectivity index is 2.00. The highest BCUT2D eigenvalue weighted by atomic mass is 32.1. The lowest BCUT2D eigenvalue weighted by Gasteiger charge is -2.13. The predicted molar refractivity (Wildman–Crippen MR) is 108 cm³/mol. The predicted octanol–water partition coefficient (Wildman–Crippen LogP) is 3.61. The van der Waals surface area contributed by atoms with E-state index in [1.54, 1.807) is 23.5 Å². The Labute approximate surface area is 168 Å². The van der Waals surface area contributed by atoms with Crippen molar-refractivity contribution in [2.75, 3.05) is 20.2 Å². The summed E-state index contributed by atoms with van der Waals surface area (Å²) in [4.78, 5) is 10.1. The number of guanidine groups is 1. The molecule has 0 aliphatic carbocycles. The lowest BCUT2D eigenvalue weighted by molar-refractivity contribution is -0.0505. The van der Waals surface area contributed by atoms with Crippen molar-refractivity contribution in [1.29, 1.82) is 0 Å². The van der Waals surface area contributed by atoms with Gasteiger partial charge in [0.15, 0.2) is 5.96 Å². The molecule has 28 heavy (non-hydrogen) atoms. The molecule has 154 valence electrons. The van der Waals surface area contributed by atoms with Gasteiger partial charge in [0.25, 0.3) is 0 Å². The van der Waals surface area contributed by atoms with E-state index in [1.165, 1.54) is 18.1 Å². The number of methoxy groups -OCH3 is 1. The average Bonchev–Trinajstić information content (AvgIpc) is 3.14. The van der Waals surface area contributed by atoms with Gasteiger partial charge >= 0.3 is 6.61 Å². The minimum absolute atomic E-state index is 0.0591. The number of aromatic nitrogens is 1. The minimum atomic E-state index is -2.91. The summed E-state index contributed by atoms with van der Waals surface area (Å²) in [7, 11) is 1.47. The number of aliphatic imine (C=N–C) groups is 1. The van der Waals surface area contributed by atoms with Crippen LogP contribution in [0, 0.1) is 0 Å². The second kappa shape index (κ2) is 11.4. The summed E-state index contributed by atoms with van der Waals surface area (Å²) < 4.78 is 35.0. The summed E-state index contributed by atoms with van der Waals surface area (Å²) in [6.45, 7) is 2.71. The maximum atomic E-state index is 12.7. The Bertz CT molecular complexity index is 768. The molecule has 0 aliphatic rings. The zero-order chi connectivity index (χ0) is 20.4. The minimum Gasteiger partial charge on any atom is -0.497 e. The van der Waals surface area contributed by atoms with Crippen molar-refractivity contribution < 1.29 is 18.3 Å². The van der Waals surface area contributed by atoms with E-state index in [0.29, 0.717) is 30.4 Å². The molecular formula is C19H26F2N4O2S. The topological polar surface area (TPSA) is 67.8 Å². The molecule has 2 aromatic rings. The number of aryl methyl sites for hydroxylation is 1. The number of nitrogens with one attached hydrogen (secondary N) is 2. The lowest BCUT2D eigenvalue weighted by Crippen LogP contribution is -2.38. The Morgan fingerprint density at radius 3 is 2.75 bits per heavy atom. The van der Waals surface area contributed by atoms with E-state index in [9.17, 15) is 8.78 Å². The number of hydrogen-bond donors (Lipinski definition) is 2. The quantitative estimate of drug-likeness (QED) is 0.461. The van der Waals surface area contributed by atoms with Crippen LogP contribution in [0.25, 0.3) is 0 Å². The first-order valence-electron chi connectivity index (χ1n) is 9.13. The first-order valence-corrected chi connectivity index (χ1v) is 9.94. The molecule has 0 radical (unpaired) electrons. The highest BCUT2D eigenvalue weighted by Crippen LogP contribution is 2.27. The first-order chi connectivity index (χ1) is 13.5. The molecule has 0 aliphatic heterocycles. The smallest absolute Gasteiger partial charge is 0.387 e. The van der Waals surface area contributed by atoms with Crippen LogP contribution in [0.3, 0.4) is 0 Å². The SMILES string of the molecule is CCNC(=NCc1ccc(OC)cc1OC(F)F)NCCc1ncc(CC)s1. The fourth-order valence-electron chi connectivity index (χ4n) is 2.42.